The summed E-state index contributed by atoms with van der Waals surface area (Å²) in [5, 5.41) is 19.8. The first-order valence-electron chi connectivity index (χ1n) is 9.68. The molecular formula is C24H32O2. The highest BCUT2D eigenvalue weighted by atomic mass is 16.3. The van der Waals surface area contributed by atoms with Crippen LogP contribution < -0.4 is 0 Å². The van der Waals surface area contributed by atoms with Gasteiger partial charge >= 0.3 is 0 Å². The number of hydrogen-bond donors (Lipinski definition) is 2. The van der Waals surface area contributed by atoms with Crippen molar-refractivity contribution in [3.63, 3.8) is 0 Å². The van der Waals surface area contributed by atoms with E-state index in [1.165, 1.54) is 16.7 Å². The molecule has 26 heavy (non-hydrogen) atoms. The second-order valence-electron chi connectivity index (χ2n) is 7.14. The first-order valence-corrected chi connectivity index (χ1v) is 9.68. The van der Waals surface area contributed by atoms with Crippen LogP contribution in [0.4, 0.5) is 0 Å². The fraction of sp³-hybridized carbons (Fsp3) is 0.417. The summed E-state index contributed by atoms with van der Waals surface area (Å²) in [7, 11) is 0. The van der Waals surface area contributed by atoms with E-state index in [2.05, 4.69) is 32.1 Å². The van der Waals surface area contributed by atoms with Crippen molar-refractivity contribution < 1.29 is 10.2 Å². The molecule has 3 rings (SSSR count). The number of rotatable bonds is 2. The predicted octanol–water partition coefficient (Wildman–Crippen LogP) is 6.71. The van der Waals surface area contributed by atoms with E-state index in [-0.39, 0.29) is 0 Å². The SMILES string of the molecule is CC.Cc1cc(C2=CC(c3cc(C)c(O)cc3C)CCC2)c(C)cc1O. The smallest absolute Gasteiger partial charge is 0.118 e. The van der Waals surface area contributed by atoms with Gasteiger partial charge in [0.25, 0.3) is 0 Å². The fourth-order valence-electron chi connectivity index (χ4n) is 3.76. The number of allylic oxidation sites excluding steroid dienone is 2. The number of phenolic OH excluding ortho intramolecular Hbond substituents is 2. The molecule has 0 saturated heterocycles. The molecule has 0 aromatic heterocycles. The molecule has 0 radical (unpaired) electrons. The molecule has 2 aromatic rings. The Morgan fingerprint density at radius 1 is 0.769 bits per heavy atom. The molecule has 140 valence electrons. The molecule has 1 aliphatic rings. The lowest BCUT2D eigenvalue weighted by Gasteiger charge is -2.25. The Labute approximate surface area is 158 Å². The summed E-state index contributed by atoms with van der Waals surface area (Å²) < 4.78 is 0. The van der Waals surface area contributed by atoms with Gasteiger partial charge in [0.05, 0.1) is 0 Å². The minimum Gasteiger partial charge on any atom is -0.508 e. The summed E-state index contributed by atoms with van der Waals surface area (Å²) in [6.07, 6.45) is 5.78. The molecule has 1 aliphatic carbocycles. The van der Waals surface area contributed by atoms with Crippen LogP contribution in [-0.4, -0.2) is 10.2 Å². The summed E-state index contributed by atoms with van der Waals surface area (Å²) in [4.78, 5) is 0. The molecule has 0 fully saturated rings. The number of hydrogen-bond acceptors (Lipinski definition) is 2. The van der Waals surface area contributed by atoms with Gasteiger partial charge in [-0.15, -0.1) is 0 Å². The van der Waals surface area contributed by atoms with Gasteiger partial charge in [-0.05, 0) is 104 Å². The molecule has 0 heterocycles. The molecule has 0 amide bonds. The number of aromatic hydroxyl groups is 2. The Morgan fingerprint density at radius 3 is 2.00 bits per heavy atom. The Hall–Kier alpha value is -2.22. The average Bonchev–Trinajstić information content (AvgIpc) is 2.63. The predicted molar refractivity (Wildman–Crippen MR) is 111 cm³/mol. The Morgan fingerprint density at radius 2 is 1.35 bits per heavy atom. The standard InChI is InChI=1S/C22H26O2.C2H6/c1-13-10-21(23)15(3)8-19(13)17-6-5-7-18(12-17)20-9-16(4)22(24)11-14(20)2;1-2/h8-12,17,23-24H,5-7H2,1-4H3;1-2H3. The maximum atomic E-state index is 9.91. The Kier molecular flexibility index (Phi) is 6.52. The summed E-state index contributed by atoms with van der Waals surface area (Å²) in [6.45, 7) is 12.0. The first kappa shape index (κ1) is 20.1. The highest BCUT2D eigenvalue weighted by Crippen LogP contribution is 2.39. The fourth-order valence-corrected chi connectivity index (χ4v) is 3.76. The number of aryl methyl sites for hydroxylation is 4. The third-order valence-corrected chi connectivity index (χ3v) is 5.24. The Bertz CT molecular complexity index is 815. The first-order chi connectivity index (χ1) is 12.4. The van der Waals surface area contributed by atoms with E-state index < -0.39 is 0 Å². The van der Waals surface area contributed by atoms with Crippen LogP contribution in [0, 0.1) is 27.7 Å². The lowest BCUT2D eigenvalue weighted by molar-refractivity contribution is 0.470. The van der Waals surface area contributed by atoms with Crippen LogP contribution in [0.2, 0.25) is 0 Å². The average molecular weight is 353 g/mol. The minimum atomic E-state index is 0.370. The normalized spacial score (nSPS) is 16.5. The van der Waals surface area contributed by atoms with Crippen LogP contribution in [0.5, 0.6) is 11.5 Å². The van der Waals surface area contributed by atoms with E-state index in [0.29, 0.717) is 17.4 Å². The molecular weight excluding hydrogens is 320 g/mol. The van der Waals surface area contributed by atoms with Gasteiger partial charge in [0.2, 0.25) is 0 Å². The molecule has 0 saturated carbocycles. The van der Waals surface area contributed by atoms with Crippen LogP contribution in [0.1, 0.15) is 72.4 Å². The lowest BCUT2D eigenvalue weighted by atomic mass is 9.80. The number of phenols is 2. The van der Waals surface area contributed by atoms with Crippen LogP contribution in [0.15, 0.2) is 30.3 Å². The minimum absolute atomic E-state index is 0.370. The molecule has 0 spiro atoms. The summed E-state index contributed by atoms with van der Waals surface area (Å²) in [6, 6.07) is 7.98. The lowest BCUT2D eigenvalue weighted by Crippen LogP contribution is -2.06. The van der Waals surface area contributed by atoms with Crippen molar-refractivity contribution in [1.82, 2.24) is 0 Å². The van der Waals surface area contributed by atoms with Crippen LogP contribution >= 0.6 is 0 Å². The van der Waals surface area contributed by atoms with Crippen molar-refractivity contribution in [2.75, 3.05) is 0 Å². The van der Waals surface area contributed by atoms with E-state index in [1.807, 2.05) is 39.8 Å². The molecule has 2 nitrogen and oxygen atoms in total. The number of benzene rings is 2. The molecule has 2 N–H and O–H groups in total. The zero-order valence-electron chi connectivity index (χ0n) is 17.0. The maximum Gasteiger partial charge on any atom is 0.118 e. The van der Waals surface area contributed by atoms with E-state index in [9.17, 15) is 10.2 Å². The van der Waals surface area contributed by atoms with Gasteiger partial charge in [-0.1, -0.05) is 26.0 Å². The van der Waals surface area contributed by atoms with Crippen LogP contribution in [0.3, 0.4) is 0 Å². The van der Waals surface area contributed by atoms with E-state index in [0.717, 1.165) is 41.5 Å². The molecule has 0 bridgehead atoms. The van der Waals surface area contributed by atoms with Crippen molar-refractivity contribution in [1.29, 1.82) is 0 Å². The van der Waals surface area contributed by atoms with Gasteiger partial charge in [0.1, 0.15) is 11.5 Å². The summed E-state index contributed by atoms with van der Waals surface area (Å²) >= 11 is 0. The van der Waals surface area contributed by atoms with Crippen molar-refractivity contribution in [3.05, 3.63) is 63.7 Å². The van der Waals surface area contributed by atoms with E-state index in [4.69, 9.17) is 0 Å². The van der Waals surface area contributed by atoms with Gasteiger partial charge in [-0.25, -0.2) is 0 Å². The van der Waals surface area contributed by atoms with Crippen molar-refractivity contribution in [3.8, 4) is 11.5 Å². The van der Waals surface area contributed by atoms with Gasteiger partial charge in [-0.3, -0.25) is 0 Å². The van der Waals surface area contributed by atoms with Gasteiger partial charge < -0.3 is 10.2 Å². The molecule has 1 unspecified atom stereocenters. The molecule has 2 heteroatoms. The highest BCUT2D eigenvalue weighted by Gasteiger charge is 2.20. The van der Waals surface area contributed by atoms with E-state index >= 15 is 0 Å². The molecule has 1 atom stereocenters. The topological polar surface area (TPSA) is 40.5 Å². The third kappa shape index (κ3) is 4.12. The van der Waals surface area contributed by atoms with Crippen LogP contribution in [0.25, 0.3) is 5.57 Å². The zero-order valence-corrected chi connectivity index (χ0v) is 17.0. The van der Waals surface area contributed by atoms with Crippen molar-refractivity contribution in [2.24, 2.45) is 0 Å². The zero-order chi connectivity index (χ0) is 19.4. The van der Waals surface area contributed by atoms with E-state index in [1.54, 1.807) is 0 Å². The largest absolute Gasteiger partial charge is 0.508 e. The second kappa shape index (κ2) is 8.44. The van der Waals surface area contributed by atoms with Gasteiger partial charge in [0.15, 0.2) is 0 Å². The van der Waals surface area contributed by atoms with Crippen molar-refractivity contribution >= 4 is 5.57 Å². The maximum absolute atomic E-state index is 9.91. The van der Waals surface area contributed by atoms with Crippen LogP contribution in [-0.2, 0) is 0 Å². The van der Waals surface area contributed by atoms with Gasteiger partial charge in [0, 0.05) is 5.92 Å². The van der Waals surface area contributed by atoms with Gasteiger partial charge in [-0.2, -0.15) is 0 Å². The Balaban J connectivity index is 0.00000117. The summed E-state index contributed by atoms with van der Waals surface area (Å²) in [5.74, 6) is 1.14. The monoisotopic (exact) mass is 352 g/mol. The second-order valence-corrected chi connectivity index (χ2v) is 7.14. The highest BCUT2D eigenvalue weighted by molar-refractivity contribution is 5.71. The third-order valence-electron chi connectivity index (χ3n) is 5.24. The van der Waals surface area contributed by atoms with Crippen molar-refractivity contribution in [2.45, 2.75) is 66.7 Å². The quantitative estimate of drug-likeness (QED) is 0.630. The molecule has 0 aliphatic heterocycles. The molecule has 2 aromatic carbocycles. The summed E-state index contributed by atoms with van der Waals surface area (Å²) in [5.41, 5.74) is 8.08.